The Hall–Kier alpha value is -1.30. The normalized spacial score (nSPS) is 24.9. The summed E-state index contributed by atoms with van der Waals surface area (Å²) in [5, 5.41) is 0. The van der Waals surface area contributed by atoms with Crippen LogP contribution in [-0.2, 0) is 6.18 Å². The van der Waals surface area contributed by atoms with E-state index in [2.05, 4.69) is 4.98 Å². The van der Waals surface area contributed by atoms with Gasteiger partial charge in [-0.1, -0.05) is 0 Å². The zero-order chi connectivity index (χ0) is 13.2. The van der Waals surface area contributed by atoms with Gasteiger partial charge in [-0.15, -0.1) is 0 Å². The van der Waals surface area contributed by atoms with Gasteiger partial charge in [0.25, 0.3) is 0 Å². The molecule has 1 saturated carbocycles. The van der Waals surface area contributed by atoms with E-state index in [1.54, 1.807) is 0 Å². The molecule has 1 aromatic heterocycles. The van der Waals surface area contributed by atoms with E-state index in [0.29, 0.717) is 12.8 Å². The molecule has 100 valence electrons. The molecule has 0 atom stereocenters. The van der Waals surface area contributed by atoms with Gasteiger partial charge in [0.15, 0.2) is 0 Å². The van der Waals surface area contributed by atoms with Crippen LogP contribution in [0.2, 0.25) is 0 Å². The van der Waals surface area contributed by atoms with Crippen molar-refractivity contribution < 1.29 is 17.9 Å². The number of ether oxygens (including phenoxy) is 1. The summed E-state index contributed by atoms with van der Waals surface area (Å²) in [6.07, 6.45) is -0.448. The standard InChI is InChI=1S/C12H15F3N2O/c13-12(14,15)10-2-1-7-17-11(10)18-9-5-3-8(16)4-6-9/h1-2,7-9H,3-6,16H2. The van der Waals surface area contributed by atoms with Crippen molar-refractivity contribution in [1.29, 1.82) is 0 Å². The SMILES string of the molecule is NC1CCC(Oc2ncccc2C(F)(F)F)CC1. The molecule has 0 unspecified atom stereocenters. The second kappa shape index (κ2) is 5.14. The van der Waals surface area contributed by atoms with Crippen molar-refractivity contribution in [3.8, 4) is 5.88 Å². The summed E-state index contributed by atoms with van der Waals surface area (Å²) in [6, 6.07) is 2.37. The smallest absolute Gasteiger partial charge is 0.421 e. The molecule has 2 rings (SSSR count). The van der Waals surface area contributed by atoms with Crippen LogP contribution in [0.4, 0.5) is 13.2 Å². The highest BCUT2D eigenvalue weighted by atomic mass is 19.4. The second-order valence-corrected chi connectivity index (χ2v) is 4.51. The van der Waals surface area contributed by atoms with Crippen molar-refractivity contribution >= 4 is 0 Å². The molecule has 18 heavy (non-hydrogen) atoms. The third kappa shape index (κ3) is 3.13. The largest absolute Gasteiger partial charge is 0.474 e. The van der Waals surface area contributed by atoms with Gasteiger partial charge in [-0.05, 0) is 37.8 Å². The predicted molar refractivity (Wildman–Crippen MR) is 60.1 cm³/mol. The van der Waals surface area contributed by atoms with Crippen LogP contribution < -0.4 is 10.5 Å². The number of nitrogens with two attached hydrogens (primary N) is 1. The van der Waals surface area contributed by atoms with Gasteiger partial charge >= 0.3 is 6.18 Å². The first kappa shape index (κ1) is 13.1. The topological polar surface area (TPSA) is 48.1 Å². The van der Waals surface area contributed by atoms with Crippen LogP contribution in [0.15, 0.2) is 18.3 Å². The molecule has 0 radical (unpaired) electrons. The Balaban J connectivity index is 2.10. The zero-order valence-corrected chi connectivity index (χ0v) is 9.78. The molecule has 1 aliphatic rings. The minimum Gasteiger partial charge on any atom is -0.474 e. The molecule has 0 aliphatic heterocycles. The van der Waals surface area contributed by atoms with Crippen LogP contribution in [0.1, 0.15) is 31.2 Å². The van der Waals surface area contributed by atoms with Gasteiger partial charge in [0.2, 0.25) is 5.88 Å². The molecule has 1 fully saturated rings. The van der Waals surface area contributed by atoms with Crippen LogP contribution in [0, 0.1) is 0 Å². The molecule has 0 saturated heterocycles. The number of alkyl halides is 3. The van der Waals surface area contributed by atoms with Crippen molar-refractivity contribution in [2.24, 2.45) is 5.73 Å². The number of halogens is 3. The van der Waals surface area contributed by atoms with Gasteiger partial charge in [-0.3, -0.25) is 0 Å². The minimum atomic E-state index is -4.44. The second-order valence-electron chi connectivity index (χ2n) is 4.51. The maximum Gasteiger partial charge on any atom is 0.421 e. The Labute approximate surface area is 103 Å². The van der Waals surface area contributed by atoms with Crippen LogP contribution in [0.5, 0.6) is 5.88 Å². The lowest BCUT2D eigenvalue weighted by molar-refractivity contribution is -0.139. The molecular formula is C12H15F3N2O. The lowest BCUT2D eigenvalue weighted by Gasteiger charge is -2.27. The third-order valence-electron chi connectivity index (χ3n) is 3.07. The van der Waals surface area contributed by atoms with Crippen LogP contribution in [0.25, 0.3) is 0 Å². The summed E-state index contributed by atoms with van der Waals surface area (Å²) in [5.41, 5.74) is 4.92. The average Bonchev–Trinajstić information content (AvgIpc) is 2.31. The van der Waals surface area contributed by atoms with E-state index in [9.17, 15) is 13.2 Å². The van der Waals surface area contributed by atoms with E-state index in [1.807, 2.05) is 0 Å². The molecule has 1 heterocycles. The quantitative estimate of drug-likeness (QED) is 0.889. The molecule has 1 aromatic rings. The van der Waals surface area contributed by atoms with Crippen LogP contribution >= 0.6 is 0 Å². The number of hydrogen-bond donors (Lipinski definition) is 1. The molecule has 0 aromatic carbocycles. The lowest BCUT2D eigenvalue weighted by Crippen LogP contribution is -2.32. The van der Waals surface area contributed by atoms with Crippen molar-refractivity contribution in [2.75, 3.05) is 0 Å². The summed E-state index contributed by atoms with van der Waals surface area (Å²) >= 11 is 0. The minimum absolute atomic E-state index is 0.135. The first-order chi connectivity index (χ1) is 8.47. The molecule has 0 amide bonds. The lowest BCUT2D eigenvalue weighted by atomic mass is 9.94. The monoisotopic (exact) mass is 260 g/mol. The number of aromatic nitrogens is 1. The van der Waals surface area contributed by atoms with Crippen molar-refractivity contribution in [2.45, 2.75) is 44.0 Å². The molecule has 3 nitrogen and oxygen atoms in total. The van der Waals surface area contributed by atoms with Crippen molar-refractivity contribution in [3.05, 3.63) is 23.9 Å². The van der Waals surface area contributed by atoms with E-state index in [1.165, 1.54) is 12.3 Å². The fourth-order valence-corrected chi connectivity index (χ4v) is 2.06. The summed E-state index contributed by atoms with van der Waals surface area (Å²) in [4.78, 5) is 3.68. The molecule has 6 heteroatoms. The number of rotatable bonds is 2. The van der Waals surface area contributed by atoms with E-state index < -0.39 is 11.7 Å². The summed E-state index contributed by atoms with van der Waals surface area (Å²) in [7, 11) is 0. The molecule has 2 N–H and O–H groups in total. The molecular weight excluding hydrogens is 245 g/mol. The molecule has 0 spiro atoms. The van der Waals surface area contributed by atoms with Gasteiger partial charge in [-0.2, -0.15) is 13.2 Å². The fraction of sp³-hybridized carbons (Fsp3) is 0.583. The first-order valence-corrected chi connectivity index (χ1v) is 5.91. The maximum absolute atomic E-state index is 12.7. The highest BCUT2D eigenvalue weighted by Gasteiger charge is 2.36. The maximum atomic E-state index is 12.7. The van der Waals surface area contributed by atoms with Crippen molar-refractivity contribution in [3.63, 3.8) is 0 Å². The first-order valence-electron chi connectivity index (χ1n) is 5.91. The van der Waals surface area contributed by atoms with E-state index in [4.69, 9.17) is 10.5 Å². The number of hydrogen-bond acceptors (Lipinski definition) is 3. The zero-order valence-electron chi connectivity index (χ0n) is 9.78. The van der Waals surface area contributed by atoms with Gasteiger partial charge in [-0.25, -0.2) is 4.98 Å². The van der Waals surface area contributed by atoms with Crippen LogP contribution in [0.3, 0.4) is 0 Å². The third-order valence-corrected chi connectivity index (χ3v) is 3.07. The Morgan fingerprint density at radius 2 is 1.89 bits per heavy atom. The predicted octanol–water partition coefficient (Wildman–Crippen LogP) is 2.75. The van der Waals surface area contributed by atoms with Gasteiger partial charge in [0, 0.05) is 12.2 Å². The highest BCUT2D eigenvalue weighted by Crippen LogP contribution is 2.35. The van der Waals surface area contributed by atoms with Crippen LogP contribution in [-0.4, -0.2) is 17.1 Å². The fourth-order valence-electron chi connectivity index (χ4n) is 2.06. The Bertz CT molecular complexity index is 401. The summed E-state index contributed by atoms with van der Waals surface area (Å²) in [6.45, 7) is 0. The van der Waals surface area contributed by atoms with Gasteiger partial charge in [0.1, 0.15) is 11.7 Å². The van der Waals surface area contributed by atoms with Gasteiger partial charge < -0.3 is 10.5 Å². The Morgan fingerprint density at radius 3 is 2.50 bits per heavy atom. The van der Waals surface area contributed by atoms with E-state index in [0.717, 1.165) is 18.9 Å². The van der Waals surface area contributed by atoms with Gasteiger partial charge in [0.05, 0.1) is 0 Å². The Morgan fingerprint density at radius 1 is 1.22 bits per heavy atom. The molecule has 1 aliphatic carbocycles. The summed E-state index contributed by atoms with van der Waals surface area (Å²) in [5.74, 6) is -0.328. The average molecular weight is 260 g/mol. The Kier molecular flexibility index (Phi) is 3.75. The molecule has 0 bridgehead atoms. The van der Waals surface area contributed by atoms with Crippen molar-refractivity contribution in [1.82, 2.24) is 4.98 Å². The van der Waals surface area contributed by atoms with E-state index >= 15 is 0 Å². The number of pyridine rings is 1. The van der Waals surface area contributed by atoms with E-state index in [-0.39, 0.29) is 18.0 Å². The highest BCUT2D eigenvalue weighted by molar-refractivity contribution is 5.28. The summed E-state index contributed by atoms with van der Waals surface area (Å²) < 4.78 is 43.5. The number of nitrogens with zero attached hydrogens (tertiary/aromatic N) is 1.